The van der Waals surface area contributed by atoms with Crippen LogP contribution in [0.3, 0.4) is 0 Å². The number of likely N-dealkylation sites (N-methyl/N-ethyl adjacent to an activating group) is 1. The zero-order valence-electron chi connectivity index (χ0n) is 38.4. The highest BCUT2D eigenvalue weighted by molar-refractivity contribution is 6.30. The summed E-state index contributed by atoms with van der Waals surface area (Å²) in [5.74, 6) is 0.855. The van der Waals surface area contributed by atoms with Crippen LogP contribution in [0.2, 0.25) is 5.02 Å². The fraction of sp³-hybridized carbons (Fsp3) is 0.321. The van der Waals surface area contributed by atoms with Gasteiger partial charge in [-0.1, -0.05) is 159 Å². The summed E-state index contributed by atoms with van der Waals surface area (Å²) >= 11 is 5.72. The zero-order chi connectivity index (χ0) is 44.3. The van der Waals surface area contributed by atoms with Crippen LogP contribution in [0.25, 0.3) is 6.08 Å². The second-order valence-corrected chi connectivity index (χ2v) is 15.4. The van der Waals surface area contributed by atoms with E-state index < -0.39 is 0 Å². The Bertz CT molecular complexity index is 2050. The van der Waals surface area contributed by atoms with Crippen molar-refractivity contribution < 1.29 is 9.13 Å². The first-order valence-electron chi connectivity index (χ1n) is 21.5. The van der Waals surface area contributed by atoms with E-state index in [1.807, 2.05) is 69.3 Å². The van der Waals surface area contributed by atoms with Crippen LogP contribution in [0.5, 0.6) is 5.75 Å². The number of fused-ring (bicyclic) bond motifs is 1. The van der Waals surface area contributed by atoms with E-state index in [1.54, 1.807) is 17.7 Å². The van der Waals surface area contributed by atoms with Crippen molar-refractivity contribution in [1.29, 1.82) is 0 Å². The first-order valence-corrected chi connectivity index (χ1v) is 21.9. The third-order valence-corrected chi connectivity index (χ3v) is 10.4. The molecule has 4 heteroatoms. The van der Waals surface area contributed by atoms with Crippen LogP contribution in [0.1, 0.15) is 95.8 Å². The summed E-state index contributed by atoms with van der Waals surface area (Å²) in [6, 6.07) is 44.7. The van der Waals surface area contributed by atoms with Gasteiger partial charge in [-0.25, -0.2) is 4.39 Å². The minimum Gasteiger partial charge on any atom is -0.494 e. The number of rotatable bonds is 6. The van der Waals surface area contributed by atoms with Crippen molar-refractivity contribution in [3.05, 3.63) is 212 Å². The van der Waals surface area contributed by atoms with Gasteiger partial charge < -0.3 is 4.74 Å². The number of benzene rings is 6. The lowest BCUT2D eigenvalue weighted by atomic mass is 10.0. The second kappa shape index (κ2) is 29.3. The largest absolute Gasteiger partial charge is 0.494 e. The standard InChI is InChI=1S/C11H15N.C11H14.C9H12O.C9H12.C8H9Cl.C8H9F/c1-2-12-8-7-10-5-3-4-6-11(10)9-12;1-3-5-11-8-6-10(4-2)7-9-11;1-3-10-9-6-4-8(2)5-7-9;1-7-4-5-8(2)9(3)6-7;1-6-3-4-8(9)5-7(6)2;1-2-7-5-3-4-6-8(7)9/h3-6H,2,7-9H2,1H3;3,5-9H,4H2,1-2H3;4-7H,3H2,1-2H3;4-6H,1-3H3;3-5H,1-2H3;3-6H,2H2,1H3. The summed E-state index contributed by atoms with van der Waals surface area (Å²) in [7, 11) is 0. The molecule has 1 heterocycles. The molecule has 7 rings (SSSR count). The van der Waals surface area contributed by atoms with E-state index in [9.17, 15) is 4.39 Å². The Hall–Kier alpha value is -4.96. The molecule has 1 aliphatic heterocycles. The average Bonchev–Trinajstić information content (AvgIpc) is 3.26. The number of ether oxygens (including phenoxy) is 1. The Morgan fingerprint density at radius 3 is 1.70 bits per heavy atom. The first-order chi connectivity index (χ1) is 28.8. The molecule has 0 aliphatic carbocycles. The van der Waals surface area contributed by atoms with Gasteiger partial charge in [0, 0.05) is 18.1 Å². The van der Waals surface area contributed by atoms with Gasteiger partial charge >= 0.3 is 0 Å². The minimum absolute atomic E-state index is 0.0972. The fourth-order valence-corrected chi connectivity index (χ4v) is 6.29. The molecule has 1 aliphatic rings. The highest BCUT2D eigenvalue weighted by Crippen LogP contribution is 2.18. The van der Waals surface area contributed by atoms with Gasteiger partial charge in [-0.15, -0.1) is 0 Å². The van der Waals surface area contributed by atoms with Crippen LogP contribution in [0, 0.1) is 47.4 Å². The number of halogens is 2. The molecular weight excluding hydrogens is 757 g/mol. The van der Waals surface area contributed by atoms with Crippen LogP contribution in [-0.4, -0.2) is 24.6 Å². The lowest BCUT2D eigenvalue weighted by Gasteiger charge is -2.27. The van der Waals surface area contributed by atoms with Gasteiger partial charge in [-0.2, -0.15) is 0 Å². The minimum atomic E-state index is -0.0972. The highest BCUT2D eigenvalue weighted by atomic mass is 35.5. The van der Waals surface area contributed by atoms with Crippen LogP contribution in [-0.2, 0) is 25.8 Å². The van der Waals surface area contributed by atoms with Gasteiger partial charge in [0.15, 0.2) is 0 Å². The van der Waals surface area contributed by atoms with Gasteiger partial charge in [-0.3, -0.25) is 4.90 Å². The molecule has 0 saturated carbocycles. The molecule has 0 fully saturated rings. The molecule has 0 amide bonds. The van der Waals surface area contributed by atoms with Crippen molar-refractivity contribution >= 4 is 17.7 Å². The molecule has 320 valence electrons. The molecule has 0 radical (unpaired) electrons. The molecule has 6 aromatic rings. The third kappa shape index (κ3) is 20.3. The molecule has 0 atom stereocenters. The smallest absolute Gasteiger partial charge is 0.126 e. The summed E-state index contributed by atoms with van der Waals surface area (Å²) in [5, 5.41) is 0.818. The lowest BCUT2D eigenvalue weighted by molar-refractivity contribution is 0.268. The molecule has 0 unspecified atom stereocenters. The van der Waals surface area contributed by atoms with Crippen LogP contribution >= 0.6 is 11.6 Å². The van der Waals surface area contributed by atoms with Crippen molar-refractivity contribution in [3.63, 3.8) is 0 Å². The maximum Gasteiger partial charge on any atom is 0.126 e. The Kier molecular flexibility index (Phi) is 25.0. The van der Waals surface area contributed by atoms with Crippen molar-refractivity contribution in [2.24, 2.45) is 0 Å². The molecule has 6 aromatic carbocycles. The van der Waals surface area contributed by atoms with E-state index in [-0.39, 0.29) is 5.82 Å². The van der Waals surface area contributed by atoms with Gasteiger partial charge in [0.05, 0.1) is 6.61 Å². The first kappa shape index (κ1) is 51.2. The Labute approximate surface area is 369 Å². The van der Waals surface area contributed by atoms with Gasteiger partial charge in [0.25, 0.3) is 0 Å². The van der Waals surface area contributed by atoms with Crippen molar-refractivity contribution in [1.82, 2.24) is 4.90 Å². The topological polar surface area (TPSA) is 12.5 Å². The molecule has 60 heavy (non-hydrogen) atoms. The predicted molar refractivity (Wildman–Crippen MR) is 261 cm³/mol. The fourth-order valence-electron chi connectivity index (χ4n) is 6.06. The van der Waals surface area contributed by atoms with E-state index in [0.29, 0.717) is 0 Å². The van der Waals surface area contributed by atoms with Crippen LogP contribution in [0.15, 0.2) is 140 Å². The zero-order valence-corrected chi connectivity index (χ0v) is 39.2. The van der Waals surface area contributed by atoms with E-state index in [1.165, 1.54) is 75.6 Å². The maximum absolute atomic E-state index is 12.6. The Balaban J connectivity index is 0.000000249. The number of nitrogens with zero attached hydrogens (tertiary/aromatic N) is 1. The summed E-state index contributed by atoms with van der Waals surface area (Å²) in [6.07, 6.45) is 7.28. The molecule has 2 nitrogen and oxygen atoms in total. The summed E-state index contributed by atoms with van der Waals surface area (Å²) in [5.41, 5.74) is 14.5. The lowest BCUT2D eigenvalue weighted by Crippen LogP contribution is -2.29. The van der Waals surface area contributed by atoms with Gasteiger partial charge in [0.1, 0.15) is 11.6 Å². The second-order valence-electron chi connectivity index (χ2n) is 15.0. The van der Waals surface area contributed by atoms with E-state index in [2.05, 4.69) is 139 Å². The molecule has 0 spiro atoms. The molecule has 0 N–H and O–H groups in total. The number of hydrogen-bond acceptors (Lipinski definition) is 2. The molecular formula is C56H71ClFNO. The Morgan fingerprint density at radius 1 is 0.617 bits per heavy atom. The summed E-state index contributed by atoms with van der Waals surface area (Å²) < 4.78 is 17.9. The van der Waals surface area contributed by atoms with Crippen LogP contribution in [0.4, 0.5) is 4.39 Å². The third-order valence-electron chi connectivity index (χ3n) is 10.2. The number of allylic oxidation sites excluding steroid dienone is 1. The van der Waals surface area contributed by atoms with Crippen molar-refractivity contribution in [3.8, 4) is 5.75 Å². The van der Waals surface area contributed by atoms with E-state index in [4.69, 9.17) is 16.3 Å². The van der Waals surface area contributed by atoms with Gasteiger partial charge in [-0.05, 0) is 162 Å². The average molecular weight is 829 g/mol. The normalized spacial score (nSPS) is 11.3. The monoisotopic (exact) mass is 828 g/mol. The summed E-state index contributed by atoms with van der Waals surface area (Å²) in [4.78, 5) is 2.49. The van der Waals surface area contributed by atoms with Gasteiger partial charge in [0.2, 0.25) is 0 Å². The molecule has 0 aromatic heterocycles. The highest BCUT2D eigenvalue weighted by Gasteiger charge is 2.13. The molecule has 0 saturated heterocycles. The van der Waals surface area contributed by atoms with Crippen LogP contribution < -0.4 is 4.74 Å². The van der Waals surface area contributed by atoms with E-state index in [0.717, 1.165) is 42.3 Å². The van der Waals surface area contributed by atoms with Crippen molar-refractivity contribution in [2.45, 2.75) is 102 Å². The molecule has 0 bridgehead atoms. The number of aryl methyl sites for hydroxylation is 8. The number of hydrogen-bond donors (Lipinski definition) is 0. The van der Waals surface area contributed by atoms with Crippen molar-refractivity contribution in [2.75, 3.05) is 19.7 Å². The van der Waals surface area contributed by atoms with E-state index >= 15 is 0 Å². The summed E-state index contributed by atoms with van der Waals surface area (Å²) in [6.45, 7) is 27.2. The predicted octanol–water partition coefficient (Wildman–Crippen LogP) is 15.7. The Morgan fingerprint density at radius 2 is 1.20 bits per heavy atom. The SMILES string of the molecule is CC=Cc1ccc(CC)cc1.CCN1CCc2ccccc2C1.CCOc1ccc(C)cc1.CCc1ccccc1F.Cc1ccc(C)c(C)c1.Cc1ccc(Cl)cc1C. The quantitative estimate of drug-likeness (QED) is 0.166. The maximum atomic E-state index is 12.6.